The second kappa shape index (κ2) is 13.8. The molecule has 1 aromatic heterocycles. The molecule has 0 spiro atoms. The lowest BCUT2D eigenvalue weighted by Crippen LogP contribution is -2.35. The van der Waals surface area contributed by atoms with Crippen molar-refractivity contribution in [2.75, 3.05) is 56.7 Å². The minimum absolute atomic E-state index is 0.396. The number of halogens is 1. The third kappa shape index (κ3) is 6.88. The van der Waals surface area contributed by atoms with Gasteiger partial charge in [-0.1, -0.05) is 54.1 Å². The maximum atomic E-state index is 6.29. The number of anilines is 2. The van der Waals surface area contributed by atoms with Gasteiger partial charge in [-0.25, -0.2) is 9.98 Å². The van der Waals surface area contributed by atoms with Crippen molar-refractivity contribution in [1.29, 1.82) is 0 Å². The van der Waals surface area contributed by atoms with Crippen LogP contribution in [-0.4, -0.2) is 73.8 Å². The first kappa shape index (κ1) is 30.1. The Labute approximate surface area is 265 Å². The van der Waals surface area contributed by atoms with Crippen LogP contribution in [-0.2, 0) is 19.5 Å². The monoisotopic (exact) mass is 609 g/mol. The number of fused-ring (bicyclic) bond motifs is 2. The number of aromatic nitrogens is 2. The summed E-state index contributed by atoms with van der Waals surface area (Å²) in [6.45, 7) is 7.27. The van der Waals surface area contributed by atoms with Gasteiger partial charge in [0.2, 0.25) is 0 Å². The SMILES string of the molecule is Cc1cccc2cccc(N3CCc4c(nc(OC[C@@H]5CCCN5C)nc4N(C)CCN=C=NCc4ccc(Cl)cc4)C3)c12. The molecule has 228 valence electrons. The average Bonchev–Trinajstić information content (AvgIpc) is 3.45. The summed E-state index contributed by atoms with van der Waals surface area (Å²) in [6.07, 6.45) is 3.20. The van der Waals surface area contributed by atoms with Crippen LogP contribution in [0.2, 0.25) is 5.02 Å². The molecule has 6 rings (SSSR count). The average molecular weight is 610 g/mol. The maximum absolute atomic E-state index is 6.29. The summed E-state index contributed by atoms with van der Waals surface area (Å²) in [7, 11) is 4.23. The van der Waals surface area contributed by atoms with Crippen LogP contribution in [0.25, 0.3) is 10.8 Å². The molecule has 0 aliphatic carbocycles. The van der Waals surface area contributed by atoms with Crippen molar-refractivity contribution in [2.45, 2.75) is 45.3 Å². The fourth-order valence-electron chi connectivity index (χ4n) is 6.23. The van der Waals surface area contributed by atoms with Gasteiger partial charge in [0.05, 0.1) is 31.3 Å². The molecular weight excluding hydrogens is 570 g/mol. The van der Waals surface area contributed by atoms with E-state index >= 15 is 0 Å². The van der Waals surface area contributed by atoms with E-state index in [1.165, 1.54) is 34.0 Å². The normalized spacial score (nSPS) is 16.5. The lowest BCUT2D eigenvalue weighted by atomic mass is 10.00. The highest BCUT2D eigenvalue weighted by molar-refractivity contribution is 6.30. The second-order valence-electron chi connectivity index (χ2n) is 11.8. The quantitative estimate of drug-likeness (QED) is 0.193. The zero-order chi connectivity index (χ0) is 30.5. The topological polar surface area (TPSA) is 69.5 Å². The van der Waals surface area contributed by atoms with Crippen molar-refractivity contribution in [1.82, 2.24) is 14.9 Å². The van der Waals surface area contributed by atoms with Crippen molar-refractivity contribution in [2.24, 2.45) is 9.98 Å². The molecule has 8 nitrogen and oxygen atoms in total. The second-order valence-corrected chi connectivity index (χ2v) is 12.2. The summed E-state index contributed by atoms with van der Waals surface area (Å²) >= 11 is 5.97. The summed E-state index contributed by atoms with van der Waals surface area (Å²) in [5, 5.41) is 3.29. The van der Waals surface area contributed by atoms with Crippen molar-refractivity contribution < 1.29 is 4.74 Å². The molecule has 2 aliphatic heterocycles. The number of aryl methyl sites for hydroxylation is 1. The van der Waals surface area contributed by atoms with Gasteiger partial charge < -0.3 is 19.4 Å². The van der Waals surface area contributed by atoms with Gasteiger partial charge in [-0.3, -0.25) is 0 Å². The number of aliphatic imine (C=N–C) groups is 2. The van der Waals surface area contributed by atoms with Crippen LogP contribution in [0.3, 0.4) is 0 Å². The van der Waals surface area contributed by atoms with Gasteiger partial charge in [-0.15, -0.1) is 0 Å². The zero-order valence-corrected chi connectivity index (χ0v) is 26.6. The predicted molar refractivity (Wildman–Crippen MR) is 180 cm³/mol. The molecule has 0 unspecified atom stereocenters. The number of nitrogens with zero attached hydrogens (tertiary/aromatic N) is 7. The first-order chi connectivity index (χ1) is 21.5. The van der Waals surface area contributed by atoms with Gasteiger partial charge in [-0.2, -0.15) is 9.97 Å². The Kier molecular flexibility index (Phi) is 9.41. The molecule has 0 radical (unpaired) electrons. The van der Waals surface area contributed by atoms with Crippen LogP contribution in [0.1, 0.15) is 35.2 Å². The minimum Gasteiger partial charge on any atom is -0.462 e. The molecule has 4 aromatic rings. The lowest BCUT2D eigenvalue weighted by molar-refractivity contribution is 0.187. The van der Waals surface area contributed by atoms with E-state index in [9.17, 15) is 0 Å². The van der Waals surface area contributed by atoms with Crippen molar-refractivity contribution in [3.8, 4) is 6.01 Å². The first-order valence-electron chi connectivity index (χ1n) is 15.5. The molecule has 3 heterocycles. The van der Waals surface area contributed by atoms with E-state index in [4.69, 9.17) is 26.3 Å². The Bertz CT molecular complexity index is 1660. The third-order valence-electron chi connectivity index (χ3n) is 8.76. The van der Waals surface area contributed by atoms with Crippen LogP contribution in [0.15, 0.2) is 70.6 Å². The third-order valence-corrected chi connectivity index (χ3v) is 9.01. The van der Waals surface area contributed by atoms with Gasteiger partial charge in [0.25, 0.3) is 0 Å². The molecular formula is C35H40ClN7O. The number of ether oxygens (including phenoxy) is 1. The molecule has 1 fully saturated rings. The van der Waals surface area contributed by atoms with E-state index < -0.39 is 0 Å². The summed E-state index contributed by atoms with van der Waals surface area (Å²) < 4.78 is 6.29. The molecule has 3 aromatic carbocycles. The lowest BCUT2D eigenvalue weighted by Gasteiger charge is -2.33. The van der Waals surface area contributed by atoms with Gasteiger partial charge in [0, 0.05) is 47.8 Å². The van der Waals surface area contributed by atoms with Gasteiger partial charge in [0.15, 0.2) is 0 Å². The fourth-order valence-corrected chi connectivity index (χ4v) is 6.35. The molecule has 0 N–H and O–H groups in total. The smallest absolute Gasteiger partial charge is 0.318 e. The maximum Gasteiger partial charge on any atom is 0.318 e. The zero-order valence-electron chi connectivity index (χ0n) is 25.8. The first-order valence-corrected chi connectivity index (χ1v) is 15.8. The molecule has 44 heavy (non-hydrogen) atoms. The Hall–Kier alpha value is -3.97. The van der Waals surface area contributed by atoms with Crippen molar-refractivity contribution in [3.05, 3.63) is 88.1 Å². The van der Waals surface area contributed by atoms with Crippen LogP contribution in [0, 0.1) is 6.92 Å². The Morgan fingerprint density at radius 1 is 1.05 bits per heavy atom. The highest BCUT2D eigenvalue weighted by atomic mass is 35.5. The van der Waals surface area contributed by atoms with Crippen LogP contribution in [0.5, 0.6) is 6.01 Å². The van der Waals surface area contributed by atoms with E-state index in [1.807, 2.05) is 24.3 Å². The molecule has 0 saturated carbocycles. The summed E-state index contributed by atoms with van der Waals surface area (Å²) in [6, 6.07) is 24.4. The van der Waals surface area contributed by atoms with Crippen LogP contribution >= 0.6 is 11.6 Å². The number of hydrogen-bond acceptors (Lipinski definition) is 8. The van der Waals surface area contributed by atoms with E-state index in [2.05, 4.69) is 88.1 Å². The van der Waals surface area contributed by atoms with Crippen LogP contribution in [0.4, 0.5) is 11.5 Å². The summed E-state index contributed by atoms with van der Waals surface area (Å²) in [5.74, 6) is 0.923. The largest absolute Gasteiger partial charge is 0.462 e. The molecule has 0 bridgehead atoms. The number of likely N-dealkylation sites (N-methyl/N-ethyl adjacent to an activating group) is 2. The summed E-state index contributed by atoms with van der Waals surface area (Å²) in [5.41, 5.74) is 5.83. The molecule has 1 saturated heterocycles. The number of rotatable bonds is 10. The molecule has 1 atom stereocenters. The van der Waals surface area contributed by atoms with E-state index in [1.54, 1.807) is 0 Å². The van der Waals surface area contributed by atoms with Crippen molar-refractivity contribution in [3.63, 3.8) is 0 Å². The molecule has 2 aliphatic rings. The molecule has 9 heteroatoms. The van der Waals surface area contributed by atoms with E-state index in [0.29, 0.717) is 44.8 Å². The highest BCUT2D eigenvalue weighted by Crippen LogP contribution is 2.35. The molecule has 0 amide bonds. The van der Waals surface area contributed by atoms with Crippen molar-refractivity contribution >= 4 is 39.9 Å². The van der Waals surface area contributed by atoms with E-state index in [0.717, 1.165) is 48.0 Å². The van der Waals surface area contributed by atoms with Gasteiger partial charge in [-0.05, 0) is 74.5 Å². The summed E-state index contributed by atoms with van der Waals surface area (Å²) in [4.78, 5) is 25.7. The highest BCUT2D eigenvalue weighted by Gasteiger charge is 2.27. The minimum atomic E-state index is 0.396. The van der Waals surface area contributed by atoms with Crippen LogP contribution < -0.4 is 14.5 Å². The number of benzene rings is 3. The van der Waals surface area contributed by atoms with Gasteiger partial charge >= 0.3 is 6.01 Å². The number of hydrogen-bond donors (Lipinski definition) is 0. The Balaban J connectivity index is 1.21. The predicted octanol–water partition coefficient (Wildman–Crippen LogP) is 6.44. The standard InChI is InChI=1S/C35H40ClN7O/c1-25-7-4-8-27-9-5-11-32(33(25)27)43-19-16-30-31(22-43)39-35(44-23-29-10-6-18-41(29)2)40-34(30)42(3)20-17-37-24-38-21-26-12-14-28(36)15-13-26/h4-5,7-9,11-15,29H,6,10,16-23H2,1-3H3/t29-/m0/s1. The number of likely N-dealkylation sites (tertiary alicyclic amines) is 1. The fraction of sp³-hybridized carbons (Fsp3) is 0.400. The van der Waals surface area contributed by atoms with E-state index in [-0.39, 0.29) is 0 Å². The Morgan fingerprint density at radius 2 is 1.86 bits per heavy atom. The van der Waals surface area contributed by atoms with Gasteiger partial charge in [0.1, 0.15) is 12.4 Å². The Morgan fingerprint density at radius 3 is 2.66 bits per heavy atom.